The second-order valence-electron chi connectivity index (χ2n) is 6.86. The van der Waals surface area contributed by atoms with Crippen LogP contribution in [0.3, 0.4) is 0 Å². The van der Waals surface area contributed by atoms with Crippen molar-refractivity contribution in [3.8, 4) is 0 Å². The molecule has 0 rings (SSSR count). The Morgan fingerprint density at radius 2 is 1.50 bits per heavy atom. The van der Waals surface area contributed by atoms with Gasteiger partial charge < -0.3 is 11.5 Å². The van der Waals surface area contributed by atoms with Gasteiger partial charge in [0.25, 0.3) is 0 Å². The number of hydrogen-bond acceptors (Lipinski definition) is 2. The minimum Gasteiger partial charge on any atom is -0.370 e. The van der Waals surface area contributed by atoms with Crippen molar-refractivity contribution in [2.24, 2.45) is 32.8 Å². The number of nitrogens with two attached hydrogens (primary N) is 2. The quantitative estimate of drug-likeness (QED) is 0.381. The van der Waals surface area contributed by atoms with Crippen LogP contribution < -0.4 is 16.8 Å². The van der Waals surface area contributed by atoms with E-state index in [0.29, 0.717) is 23.3 Å². The highest BCUT2D eigenvalue weighted by molar-refractivity contribution is 5.96. The molecule has 0 aliphatic carbocycles. The maximum absolute atomic E-state index is 5.75. The summed E-state index contributed by atoms with van der Waals surface area (Å²) in [5.74, 6) is 1.41. The third-order valence-electron chi connectivity index (χ3n) is 2.84. The molecule has 0 amide bonds. The molecular weight excluding hydrogens is 250 g/mol. The van der Waals surface area contributed by atoms with E-state index in [4.69, 9.17) is 11.5 Å². The van der Waals surface area contributed by atoms with E-state index >= 15 is 0 Å². The Kier molecular flexibility index (Phi) is 9.01. The lowest BCUT2D eigenvalue weighted by atomic mass is 9.91. The molecule has 5 N–H and O–H groups in total. The summed E-state index contributed by atoms with van der Waals surface area (Å²) in [5, 5.41) is 2.82. The zero-order valence-electron chi connectivity index (χ0n) is 13.9. The van der Waals surface area contributed by atoms with Crippen LogP contribution in [0.2, 0.25) is 0 Å². The second-order valence-corrected chi connectivity index (χ2v) is 6.86. The first-order valence-corrected chi connectivity index (χ1v) is 7.57. The predicted molar refractivity (Wildman–Crippen MR) is 88.9 cm³/mol. The largest absolute Gasteiger partial charge is 0.370 e. The van der Waals surface area contributed by atoms with Gasteiger partial charge in [-0.25, -0.2) is 0 Å². The SMILES string of the molecule is CC(C)CCCN=C(N)NC(N)=NCCCC(C)(C)C. The van der Waals surface area contributed by atoms with Gasteiger partial charge in [-0.1, -0.05) is 34.6 Å². The van der Waals surface area contributed by atoms with Crippen LogP contribution >= 0.6 is 0 Å². The van der Waals surface area contributed by atoms with Gasteiger partial charge in [-0.15, -0.1) is 0 Å². The zero-order chi connectivity index (χ0) is 15.6. The molecule has 0 aromatic rings. The fraction of sp³-hybridized carbons (Fsp3) is 0.867. The molecule has 20 heavy (non-hydrogen) atoms. The van der Waals surface area contributed by atoms with Crippen LogP contribution in [0.15, 0.2) is 9.98 Å². The Labute approximate surface area is 124 Å². The summed E-state index contributed by atoms with van der Waals surface area (Å²) >= 11 is 0. The minimum absolute atomic E-state index is 0.342. The summed E-state index contributed by atoms with van der Waals surface area (Å²) in [6.07, 6.45) is 4.36. The smallest absolute Gasteiger partial charge is 0.195 e. The Morgan fingerprint density at radius 1 is 1.00 bits per heavy atom. The highest BCUT2D eigenvalue weighted by atomic mass is 15.2. The van der Waals surface area contributed by atoms with Crippen LogP contribution in [0.1, 0.15) is 60.3 Å². The average Bonchev–Trinajstić information content (AvgIpc) is 2.29. The van der Waals surface area contributed by atoms with Gasteiger partial charge in [-0.2, -0.15) is 0 Å². The highest BCUT2D eigenvalue weighted by Gasteiger charge is 2.08. The van der Waals surface area contributed by atoms with Crippen LogP contribution in [-0.2, 0) is 0 Å². The monoisotopic (exact) mass is 283 g/mol. The van der Waals surface area contributed by atoms with E-state index in [2.05, 4.69) is 49.9 Å². The zero-order valence-corrected chi connectivity index (χ0v) is 13.9. The number of hydrogen-bond donors (Lipinski definition) is 3. The van der Waals surface area contributed by atoms with E-state index in [1.165, 1.54) is 0 Å². The molecule has 0 bridgehead atoms. The van der Waals surface area contributed by atoms with E-state index in [1.807, 2.05) is 0 Å². The standard InChI is InChI=1S/C15H33N5/c1-12(2)8-6-10-18-13(16)20-14(17)19-11-7-9-15(3,4)5/h12H,6-11H2,1-5H3,(H5,16,17,18,19,20). The molecule has 0 unspecified atom stereocenters. The van der Waals surface area contributed by atoms with E-state index in [-0.39, 0.29) is 0 Å². The summed E-state index contributed by atoms with van der Waals surface area (Å²) in [6.45, 7) is 12.5. The lowest BCUT2D eigenvalue weighted by Gasteiger charge is -2.16. The summed E-state index contributed by atoms with van der Waals surface area (Å²) in [4.78, 5) is 8.47. The van der Waals surface area contributed by atoms with Gasteiger partial charge in [0.15, 0.2) is 11.9 Å². The first-order valence-electron chi connectivity index (χ1n) is 7.57. The first-order chi connectivity index (χ1) is 9.20. The van der Waals surface area contributed by atoms with Gasteiger partial charge in [-0.05, 0) is 37.0 Å². The lowest BCUT2D eigenvalue weighted by Crippen LogP contribution is -2.41. The molecule has 0 atom stereocenters. The van der Waals surface area contributed by atoms with E-state index in [0.717, 1.165) is 38.8 Å². The van der Waals surface area contributed by atoms with E-state index in [9.17, 15) is 0 Å². The molecule has 0 aliphatic heterocycles. The Morgan fingerprint density at radius 3 is 1.95 bits per heavy atom. The summed E-state index contributed by atoms with van der Waals surface area (Å²) in [5.41, 5.74) is 11.8. The summed E-state index contributed by atoms with van der Waals surface area (Å²) in [6, 6.07) is 0. The molecule has 118 valence electrons. The fourth-order valence-corrected chi connectivity index (χ4v) is 1.72. The number of aliphatic imine (C=N–C) groups is 2. The minimum atomic E-state index is 0.342. The maximum atomic E-state index is 5.75. The number of guanidine groups is 2. The van der Waals surface area contributed by atoms with Crippen molar-refractivity contribution in [3.63, 3.8) is 0 Å². The number of nitrogens with one attached hydrogen (secondary N) is 1. The Bertz CT molecular complexity index is 313. The van der Waals surface area contributed by atoms with E-state index in [1.54, 1.807) is 0 Å². The number of nitrogens with zero attached hydrogens (tertiary/aromatic N) is 2. The van der Waals surface area contributed by atoms with Crippen LogP contribution in [-0.4, -0.2) is 25.0 Å². The van der Waals surface area contributed by atoms with Crippen molar-refractivity contribution < 1.29 is 0 Å². The Hall–Kier alpha value is -1.26. The van der Waals surface area contributed by atoms with Gasteiger partial charge >= 0.3 is 0 Å². The topological polar surface area (TPSA) is 88.8 Å². The molecule has 5 nitrogen and oxygen atoms in total. The van der Waals surface area contributed by atoms with Crippen molar-refractivity contribution in [1.82, 2.24) is 5.32 Å². The molecule has 0 radical (unpaired) electrons. The first kappa shape index (κ1) is 18.7. The molecule has 0 heterocycles. The molecule has 0 saturated heterocycles. The van der Waals surface area contributed by atoms with Crippen molar-refractivity contribution in [1.29, 1.82) is 0 Å². The van der Waals surface area contributed by atoms with Crippen LogP contribution in [0.25, 0.3) is 0 Å². The van der Waals surface area contributed by atoms with Crippen LogP contribution in [0.5, 0.6) is 0 Å². The van der Waals surface area contributed by atoms with Gasteiger partial charge in [0.2, 0.25) is 0 Å². The third kappa shape index (κ3) is 13.2. The van der Waals surface area contributed by atoms with Gasteiger partial charge in [0, 0.05) is 13.1 Å². The molecule has 0 aromatic heterocycles. The fourth-order valence-electron chi connectivity index (χ4n) is 1.72. The second kappa shape index (κ2) is 9.61. The van der Waals surface area contributed by atoms with Gasteiger partial charge in [0.05, 0.1) is 0 Å². The molecular formula is C15H33N5. The van der Waals surface area contributed by atoms with Crippen molar-refractivity contribution in [2.75, 3.05) is 13.1 Å². The molecule has 5 heteroatoms. The lowest BCUT2D eigenvalue weighted by molar-refractivity contribution is 0.368. The summed E-state index contributed by atoms with van der Waals surface area (Å²) in [7, 11) is 0. The van der Waals surface area contributed by atoms with Crippen LogP contribution in [0.4, 0.5) is 0 Å². The predicted octanol–water partition coefficient (Wildman–Crippen LogP) is 2.47. The van der Waals surface area contributed by atoms with Crippen molar-refractivity contribution in [3.05, 3.63) is 0 Å². The molecule has 0 saturated carbocycles. The Balaban J connectivity index is 3.87. The van der Waals surface area contributed by atoms with Crippen molar-refractivity contribution >= 4 is 11.9 Å². The number of rotatable bonds is 7. The average molecular weight is 283 g/mol. The third-order valence-corrected chi connectivity index (χ3v) is 2.84. The highest BCUT2D eigenvalue weighted by Crippen LogP contribution is 2.20. The van der Waals surface area contributed by atoms with Gasteiger partial charge in [-0.3, -0.25) is 15.3 Å². The molecule has 0 aliphatic rings. The van der Waals surface area contributed by atoms with Gasteiger partial charge in [0.1, 0.15) is 0 Å². The van der Waals surface area contributed by atoms with Crippen molar-refractivity contribution in [2.45, 2.75) is 60.3 Å². The molecule has 0 fully saturated rings. The van der Waals surface area contributed by atoms with Crippen LogP contribution in [0, 0.1) is 11.3 Å². The maximum Gasteiger partial charge on any atom is 0.195 e. The molecule has 0 spiro atoms. The summed E-state index contributed by atoms with van der Waals surface area (Å²) < 4.78 is 0. The van der Waals surface area contributed by atoms with E-state index < -0.39 is 0 Å². The normalized spacial score (nSPS) is 13.9. The molecule has 0 aromatic carbocycles.